The molecule has 2 heterocycles. The molecule has 1 aliphatic heterocycles. The van der Waals surface area contributed by atoms with Gasteiger partial charge in [-0.1, -0.05) is 12.1 Å². The van der Waals surface area contributed by atoms with E-state index < -0.39 is 0 Å². The number of likely N-dealkylation sites (tertiary alicyclic amines) is 1. The number of rotatable bonds is 3. The van der Waals surface area contributed by atoms with Crippen molar-refractivity contribution in [2.45, 2.75) is 18.9 Å². The molecule has 3 N–H and O–H groups in total. The lowest BCUT2D eigenvalue weighted by atomic mass is 10.1. The number of hydrogen-bond donors (Lipinski definition) is 2. The first-order valence-corrected chi connectivity index (χ1v) is 6.97. The highest BCUT2D eigenvalue weighted by molar-refractivity contribution is 5.73. The van der Waals surface area contributed by atoms with Crippen molar-refractivity contribution in [3.05, 3.63) is 30.5 Å². The normalized spacial score (nSPS) is 19.9. The highest BCUT2D eigenvalue weighted by Crippen LogP contribution is 2.28. The van der Waals surface area contributed by atoms with Gasteiger partial charge in [0.2, 0.25) is 0 Å². The number of nitrogens with one attached hydrogen (secondary N) is 1. The number of piperidine rings is 1. The topological polar surface area (TPSA) is 67.2 Å². The van der Waals surface area contributed by atoms with Gasteiger partial charge in [0.25, 0.3) is 0 Å². The Balaban J connectivity index is 1.76. The number of aromatic amines is 1. The number of aromatic nitrogens is 2. The van der Waals surface area contributed by atoms with E-state index in [4.69, 9.17) is 10.5 Å². The number of benzene rings is 1. The van der Waals surface area contributed by atoms with Crippen LogP contribution in [0, 0.1) is 0 Å². The first-order valence-electron chi connectivity index (χ1n) is 6.97. The lowest BCUT2D eigenvalue weighted by molar-refractivity contribution is 0.104. The van der Waals surface area contributed by atoms with Crippen LogP contribution in [-0.4, -0.2) is 41.3 Å². The molecule has 0 saturated carbocycles. The highest BCUT2D eigenvalue weighted by atomic mass is 16.5. The zero-order valence-corrected chi connectivity index (χ0v) is 11.7. The van der Waals surface area contributed by atoms with Crippen molar-refractivity contribution in [3.63, 3.8) is 0 Å². The highest BCUT2D eigenvalue weighted by Gasteiger charge is 2.18. The molecule has 1 aromatic heterocycles. The molecule has 1 atom stereocenters. The van der Waals surface area contributed by atoms with E-state index in [2.05, 4.69) is 22.1 Å². The molecular formula is C15H20N4O. The molecule has 1 aliphatic rings. The number of nitrogen functional groups attached to an aromatic ring is 1. The number of nitrogens with zero attached hydrogens (tertiary/aromatic N) is 2. The second-order valence-corrected chi connectivity index (χ2v) is 5.37. The third kappa shape index (κ3) is 2.77. The lowest BCUT2D eigenvalue weighted by Gasteiger charge is -2.30. The van der Waals surface area contributed by atoms with Crippen LogP contribution in [0.25, 0.3) is 11.1 Å². The standard InChI is InChI=1S/C15H20N4O/c1-19-7-3-6-13(10-19)20-12-5-2-4-11(8-12)14-9-17-18-15(14)16/h2,4-5,8-9,13H,3,6-7,10H2,1H3,(H3,16,17,18). The Hall–Kier alpha value is -2.01. The minimum absolute atomic E-state index is 0.269. The zero-order chi connectivity index (χ0) is 13.9. The maximum absolute atomic E-state index is 6.09. The summed E-state index contributed by atoms with van der Waals surface area (Å²) >= 11 is 0. The number of anilines is 1. The SMILES string of the molecule is CN1CCCC(Oc2cccc(-c3cn[nH]c3N)c2)C1. The Morgan fingerprint density at radius 3 is 3.10 bits per heavy atom. The summed E-state index contributed by atoms with van der Waals surface area (Å²) in [6.45, 7) is 2.14. The molecule has 0 radical (unpaired) electrons. The van der Waals surface area contributed by atoms with Gasteiger partial charge in [0.05, 0.1) is 6.20 Å². The third-order valence-corrected chi connectivity index (χ3v) is 3.70. The zero-order valence-electron chi connectivity index (χ0n) is 11.7. The molecular weight excluding hydrogens is 252 g/mol. The van der Waals surface area contributed by atoms with Gasteiger partial charge in [-0.2, -0.15) is 5.10 Å². The van der Waals surface area contributed by atoms with Crippen LogP contribution in [0.5, 0.6) is 5.75 Å². The van der Waals surface area contributed by atoms with E-state index in [0.29, 0.717) is 5.82 Å². The Kier molecular flexibility index (Phi) is 3.60. The molecule has 20 heavy (non-hydrogen) atoms. The van der Waals surface area contributed by atoms with Gasteiger partial charge in [0.1, 0.15) is 17.7 Å². The summed E-state index contributed by atoms with van der Waals surface area (Å²) in [6, 6.07) is 8.02. The minimum Gasteiger partial charge on any atom is -0.489 e. The maximum Gasteiger partial charge on any atom is 0.126 e. The van der Waals surface area contributed by atoms with Gasteiger partial charge in [-0.3, -0.25) is 5.10 Å². The van der Waals surface area contributed by atoms with E-state index in [1.165, 1.54) is 6.42 Å². The van der Waals surface area contributed by atoms with Gasteiger partial charge in [-0.25, -0.2) is 0 Å². The molecule has 0 bridgehead atoms. The fraction of sp³-hybridized carbons (Fsp3) is 0.400. The Bertz CT molecular complexity index is 581. The van der Waals surface area contributed by atoms with Crippen LogP contribution in [0.1, 0.15) is 12.8 Å². The summed E-state index contributed by atoms with van der Waals surface area (Å²) in [4.78, 5) is 2.31. The first-order chi connectivity index (χ1) is 9.72. The van der Waals surface area contributed by atoms with Crippen LogP contribution in [0.15, 0.2) is 30.5 Å². The summed E-state index contributed by atoms with van der Waals surface area (Å²) in [7, 11) is 2.14. The predicted octanol–water partition coefficient (Wildman–Crippen LogP) is 2.13. The largest absolute Gasteiger partial charge is 0.489 e. The van der Waals surface area contributed by atoms with Gasteiger partial charge in [0, 0.05) is 12.1 Å². The molecule has 1 saturated heterocycles. The van der Waals surface area contributed by atoms with E-state index in [1.54, 1.807) is 6.20 Å². The quantitative estimate of drug-likeness (QED) is 0.898. The van der Waals surface area contributed by atoms with Crippen LogP contribution in [0.4, 0.5) is 5.82 Å². The van der Waals surface area contributed by atoms with Crippen molar-refractivity contribution in [2.75, 3.05) is 25.9 Å². The lowest BCUT2D eigenvalue weighted by Crippen LogP contribution is -2.38. The second kappa shape index (κ2) is 5.54. The first kappa shape index (κ1) is 13.0. The number of nitrogens with two attached hydrogens (primary N) is 1. The molecule has 1 aromatic carbocycles. The number of ether oxygens (including phenoxy) is 1. The minimum atomic E-state index is 0.269. The predicted molar refractivity (Wildman–Crippen MR) is 79.6 cm³/mol. The summed E-state index contributed by atoms with van der Waals surface area (Å²) < 4.78 is 6.09. The number of hydrogen-bond acceptors (Lipinski definition) is 4. The van der Waals surface area contributed by atoms with E-state index in [0.717, 1.165) is 36.4 Å². The van der Waals surface area contributed by atoms with Crippen molar-refractivity contribution >= 4 is 5.82 Å². The van der Waals surface area contributed by atoms with Gasteiger partial charge in [-0.15, -0.1) is 0 Å². The van der Waals surface area contributed by atoms with Gasteiger partial charge in [-0.05, 0) is 44.1 Å². The number of H-pyrrole nitrogens is 1. The molecule has 0 amide bonds. The molecule has 106 valence electrons. The van der Waals surface area contributed by atoms with Gasteiger partial charge >= 0.3 is 0 Å². The van der Waals surface area contributed by atoms with Crippen molar-refractivity contribution < 1.29 is 4.74 Å². The average molecular weight is 272 g/mol. The van der Waals surface area contributed by atoms with Crippen LogP contribution < -0.4 is 10.5 Å². The van der Waals surface area contributed by atoms with E-state index in [-0.39, 0.29) is 6.10 Å². The summed E-state index contributed by atoms with van der Waals surface area (Å²) in [6.07, 6.45) is 4.31. The molecule has 1 unspecified atom stereocenters. The third-order valence-electron chi connectivity index (χ3n) is 3.70. The van der Waals surface area contributed by atoms with Crippen molar-refractivity contribution in [3.8, 4) is 16.9 Å². The van der Waals surface area contributed by atoms with Crippen LogP contribution in [0.3, 0.4) is 0 Å². The van der Waals surface area contributed by atoms with E-state index >= 15 is 0 Å². The molecule has 1 fully saturated rings. The van der Waals surface area contributed by atoms with Crippen LogP contribution in [0.2, 0.25) is 0 Å². The fourth-order valence-electron chi connectivity index (χ4n) is 2.67. The molecule has 5 heteroatoms. The molecule has 3 rings (SSSR count). The molecule has 0 aliphatic carbocycles. The van der Waals surface area contributed by atoms with Crippen molar-refractivity contribution in [1.29, 1.82) is 0 Å². The Labute approximate surface area is 118 Å². The summed E-state index contributed by atoms with van der Waals surface area (Å²) in [5.74, 6) is 1.47. The molecule has 0 spiro atoms. The van der Waals surface area contributed by atoms with E-state index in [9.17, 15) is 0 Å². The maximum atomic E-state index is 6.09. The van der Waals surface area contributed by atoms with E-state index in [1.807, 2.05) is 24.3 Å². The monoisotopic (exact) mass is 272 g/mol. The Morgan fingerprint density at radius 2 is 2.35 bits per heavy atom. The second-order valence-electron chi connectivity index (χ2n) is 5.37. The Morgan fingerprint density at radius 1 is 1.45 bits per heavy atom. The average Bonchev–Trinajstić information content (AvgIpc) is 2.85. The van der Waals surface area contributed by atoms with Crippen LogP contribution >= 0.6 is 0 Å². The molecule has 5 nitrogen and oxygen atoms in total. The van der Waals surface area contributed by atoms with Crippen molar-refractivity contribution in [2.24, 2.45) is 0 Å². The summed E-state index contributed by atoms with van der Waals surface area (Å²) in [5.41, 5.74) is 7.80. The van der Waals surface area contributed by atoms with Gasteiger partial charge in [0.15, 0.2) is 0 Å². The fourth-order valence-corrected chi connectivity index (χ4v) is 2.67. The van der Waals surface area contributed by atoms with Gasteiger partial charge < -0.3 is 15.4 Å². The van der Waals surface area contributed by atoms with Crippen LogP contribution in [-0.2, 0) is 0 Å². The van der Waals surface area contributed by atoms with Crippen molar-refractivity contribution in [1.82, 2.24) is 15.1 Å². The number of likely N-dealkylation sites (N-methyl/N-ethyl adjacent to an activating group) is 1. The molecule has 2 aromatic rings. The smallest absolute Gasteiger partial charge is 0.126 e. The summed E-state index contributed by atoms with van der Waals surface area (Å²) in [5, 5.41) is 6.71.